The molecule has 0 radical (unpaired) electrons. The zero-order chi connectivity index (χ0) is 18.5. The minimum atomic E-state index is -0.534. The summed E-state index contributed by atoms with van der Waals surface area (Å²) in [7, 11) is 0. The Morgan fingerprint density at radius 1 is 1.31 bits per heavy atom. The van der Waals surface area contributed by atoms with Crippen LogP contribution in [0.4, 0.5) is 11.4 Å². The highest BCUT2D eigenvalue weighted by atomic mass is 16.6. The molecule has 2 aromatic carbocycles. The summed E-state index contributed by atoms with van der Waals surface area (Å²) < 4.78 is 6.63. The van der Waals surface area contributed by atoms with Gasteiger partial charge in [0, 0.05) is 36.3 Å². The number of non-ortho nitro benzene ring substituents is 1. The summed E-state index contributed by atoms with van der Waals surface area (Å²) in [6, 6.07) is 13.3. The van der Waals surface area contributed by atoms with Crippen LogP contribution in [0.15, 0.2) is 55.1 Å². The Kier molecular flexibility index (Phi) is 3.58. The minimum Gasteiger partial charge on any atom is -0.467 e. The van der Waals surface area contributed by atoms with Crippen molar-refractivity contribution in [1.29, 1.82) is 0 Å². The summed E-state index contributed by atoms with van der Waals surface area (Å²) in [6.07, 6.45) is 3.40. The van der Waals surface area contributed by atoms with E-state index in [-0.39, 0.29) is 16.0 Å². The molecule has 1 atom stereocenters. The number of hydrogen-bond acceptors (Lipinski definition) is 4. The Balaban J connectivity index is 1.83. The zero-order valence-electron chi connectivity index (χ0n) is 15.1. The Morgan fingerprint density at radius 3 is 2.81 bits per heavy atom. The Morgan fingerprint density at radius 2 is 2.08 bits per heavy atom. The van der Waals surface area contributed by atoms with Crippen LogP contribution in [0, 0.1) is 10.1 Å². The average Bonchev–Trinajstić information content (AvgIpc) is 2.81. The molecule has 0 amide bonds. The van der Waals surface area contributed by atoms with Crippen LogP contribution in [0.25, 0.3) is 0 Å². The highest BCUT2D eigenvalue weighted by Crippen LogP contribution is 2.56. The fourth-order valence-electron chi connectivity index (χ4n) is 4.50. The second kappa shape index (κ2) is 5.59. The van der Waals surface area contributed by atoms with E-state index in [1.54, 1.807) is 12.1 Å². The lowest BCUT2D eigenvalue weighted by Gasteiger charge is -2.49. The number of aryl methyl sites for hydroxylation is 1. The third-order valence-electron chi connectivity index (χ3n) is 5.86. The molecule has 2 aliphatic heterocycles. The van der Waals surface area contributed by atoms with E-state index in [0.29, 0.717) is 6.54 Å². The summed E-state index contributed by atoms with van der Waals surface area (Å²) in [5.41, 5.74) is 2.67. The lowest BCUT2D eigenvalue weighted by Crippen LogP contribution is -2.61. The molecule has 2 heterocycles. The second-order valence-electron chi connectivity index (χ2n) is 7.48. The van der Waals surface area contributed by atoms with Crippen LogP contribution in [0.2, 0.25) is 0 Å². The topological polar surface area (TPSA) is 55.6 Å². The molecule has 1 spiro atoms. The van der Waals surface area contributed by atoms with Crippen LogP contribution in [-0.2, 0) is 11.8 Å². The molecule has 2 aromatic rings. The molecule has 0 aliphatic carbocycles. The highest BCUT2D eigenvalue weighted by Gasteiger charge is 2.59. The van der Waals surface area contributed by atoms with Crippen molar-refractivity contribution in [3.63, 3.8) is 0 Å². The molecule has 0 N–H and O–H groups in total. The lowest BCUT2D eigenvalue weighted by molar-refractivity contribution is -0.385. The molecule has 0 fully saturated rings. The predicted octanol–water partition coefficient (Wildman–Crippen LogP) is 4.60. The molecule has 5 heteroatoms. The summed E-state index contributed by atoms with van der Waals surface area (Å²) >= 11 is 0. The number of anilines is 1. The van der Waals surface area contributed by atoms with E-state index in [9.17, 15) is 10.1 Å². The Labute approximate surface area is 153 Å². The normalized spacial score (nSPS) is 22.5. The van der Waals surface area contributed by atoms with Crippen molar-refractivity contribution in [2.24, 2.45) is 0 Å². The van der Waals surface area contributed by atoms with E-state index < -0.39 is 5.72 Å². The van der Waals surface area contributed by atoms with Gasteiger partial charge in [0.2, 0.25) is 0 Å². The molecule has 26 heavy (non-hydrogen) atoms. The third-order valence-corrected chi connectivity index (χ3v) is 5.86. The zero-order valence-corrected chi connectivity index (χ0v) is 15.1. The first-order valence-electron chi connectivity index (χ1n) is 8.85. The maximum absolute atomic E-state index is 11.1. The fourth-order valence-corrected chi connectivity index (χ4v) is 4.50. The van der Waals surface area contributed by atoms with Crippen LogP contribution in [-0.4, -0.2) is 17.2 Å². The van der Waals surface area contributed by atoms with Crippen molar-refractivity contribution in [3.8, 4) is 5.75 Å². The van der Waals surface area contributed by atoms with Crippen LogP contribution >= 0.6 is 0 Å². The van der Waals surface area contributed by atoms with Gasteiger partial charge >= 0.3 is 0 Å². The van der Waals surface area contributed by atoms with Crippen LogP contribution in [0.5, 0.6) is 5.75 Å². The molecular weight excluding hydrogens is 328 g/mol. The summed E-state index contributed by atoms with van der Waals surface area (Å²) in [6.45, 7) is 9.04. The molecule has 0 saturated heterocycles. The molecule has 134 valence electrons. The van der Waals surface area contributed by atoms with Crippen molar-refractivity contribution in [1.82, 2.24) is 0 Å². The maximum atomic E-state index is 11.1. The highest BCUT2D eigenvalue weighted by molar-refractivity contribution is 5.67. The van der Waals surface area contributed by atoms with Gasteiger partial charge in [0.15, 0.2) is 5.72 Å². The van der Waals surface area contributed by atoms with Gasteiger partial charge in [-0.1, -0.05) is 24.3 Å². The first-order valence-corrected chi connectivity index (χ1v) is 8.85. The second-order valence-corrected chi connectivity index (χ2v) is 7.48. The summed E-state index contributed by atoms with van der Waals surface area (Å²) in [4.78, 5) is 13.0. The first-order chi connectivity index (χ1) is 12.4. The summed E-state index contributed by atoms with van der Waals surface area (Å²) in [5, 5.41) is 11.1. The van der Waals surface area contributed by atoms with Crippen molar-refractivity contribution in [2.75, 3.05) is 11.4 Å². The van der Waals surface area contributed by atoms with Crippen molar-refractivity contribution >= 4 is 11.4 Å². The van der Waals surface area contributed by atoms with Gasteiger partial charge in [0.25, 0.3) is 5.69 Å². The van der Waals surface area contributed by atoms with Crippen LogP contribution in [0.3, 0.4) is 0 Å². The SMILES string of the molecule is C=CCN1c2ccccc2C(C)(C)C12CCc1cc([N+](=O)[O-])ccc1O2. The number of ether oxygens (including phenoxy) is 1. The van der Waals surface area contributed by atoms with Crippen LogP contribution in [0.1, 0.15) is 31.4 Å². The van der Waals surface area contributed by atoms with Gasteiger partial charge < -0.3 is 9.64 Å². The number of rotatable bonds is 3. The maximum Gasteiger partial charge on any atom is 0.269 e. The number of benzene rings is 2. The predicted molar refractivity (Wildman–Crippen MR) is 102 cm³/mol. The van der Waals surface area contributed by atoms with Crippen molar-refractivity contribution in [3.05, 3.63) is 76.4 Å². The van der Waals surface area contributed by atoms with Gasteiger partial charge in [0.1, 0.15) is 5.75 Å². The molecule has 0 bridgehead atoms. The average molecular weight is 350 g/mol. The number of para-hydroxylation sites is 1. The minimum absolute atomic E-state index is 0.111. The van der Waals surface area contributed by atoms with E-state index in [2.05, 4.69) is 43.5 Å². The van der Waals surface area contributed by atoms with E-state index in [1.807, 2.05) is 12.1 Å². The van der Waals surface area contributed by atoms with Crippen molar-refractivity contribution < 1.29 is 9.66 Å². The largest absolute Gasteiger partial charge is 0.467 e. The number of hydrogen-bond donors (Lipinski definition) is 0. The van der Waals surface area contributed by atoms with E-state index in [4.69, 9.17) is 4.74 Å². The number of fused-ring (bicyclic) bond motifs is 2. The molecular formula is C21H22N2O3. The fraction of sp³-hybridized carbons (Fsp3) is 0.333. The standard InChI is InChI=1S/C21H22N2O3/c1-4-13-22-18-8-6-5-7-17(18)20(2,3)21(22)12-11-15-14-16(23(24)25)9-10-19(15)26-21/h4-10,14H,1,11-13H2,2-3H3. The Bertz CT molecular complexity index is 906. The van der Waals surface area contributed by atoms with Gasteiger partial charge in [-0.25, -0.2) is 0 Å². The number of nitro benzene ring substituents is 1. The molecule has 2 aliphatic rings. The molecule has 1 unspecified atom stereocenters. The monoisotopic (exact) mass is 350 g/mol. The van der Waals surface area contributed by atoms with E-state index in [0.717, 1.165) is 24.2 Å². The first kappa shape index (κ1) is 16.6. The van der Waals surface area contributed by atoms with Gasteiger partial charge in [-0.2, -0.15) is 0 Å². The third kappa shape index (κ3) is 2.09. The quantitative estimate of drug-likeness (QED) is 0.461. The van der Waals surface area contributed by atoms with E-state index >= 15 is 0 Å². The molecule has 5 nitrogen and oxygen atoms in total. The van der Waals surface area contributed by atoms with Crippen LogP contribution < -0.4 is 9.64 Å². The Hall–Kier alpha value is -2.82. The van der Waals surface area contributed by atoms with Gasteiger partial charge in [-0.15, -0.1) is 6.58 Å². The van der Waals surface area contributed by atoms with E-state index in [1.165, 1.54) is 17.3 Å². The lowest BCUT2D eigenvalue weighted by atomic mass is 9.74. The number of nitrogens with zero attached hydrogens (tertiary/aromatic N) is 2. The van der Waals surface area contributed by atoms with Gasteiger partial charge in [-0.05, 0) is 38.0 Å². The van der Waals surface area contributed by atoms with Crippen molar-refractivity contribution in [2.45, 2.75) is 37.8 Å². The van der Waals surface area contributed by atoms with Gasteiger partial charge in [0.05, 0.1) is 10.3 Å². The molecule has 0 saturated carbocycles. The van der Waals surface area contributed by atoms with Gasteiger partial charge in [-0.3, -0.25) is 10.1 Å². The smallest absolute Gasteiger partial charge is 0.269 e. The molecule has 4 rings (SSSR count). The summed E-state index contributed by atoms with van der Waals surface area (Å²) in [5.74, 6) is 0.733. The molecule has 0 aromatic heterocycles. The number of nitro groups is 1.